The number of hydroxylamine groups is 3. The smallest absolute Gasteiger partial charge is 0.571 e. The Morgan fingerprint density at radius 2 is 1.35 bits per heavy atom. The molecule has 1 unspecified atom stereocenters. The van der Waals surface area contributed by atoms with Crippen molar-refractivity contribution in [1.29, 1.82) is 0 Å². The second kappa shape index (κ2) is 13.9. The standard InChI is InChI=1S/C20H35NO12P/c1-8-21(9-2,10-3)33-34(26)32-20-19(30-15(7)25)18(29-14(6)24)17(28-13(5)23)16(31-20)11-27-12(4)22/h16-20,34H,8-11H2,1-7H3/q+2/t16-,17-,18+,19-,20+/m1/s1. The number of esters is 4. The minimum absolute atomic E-state index is 0.0308. The fourth-order valence-electron chi connectivity index (χ4n) is 3.42. The molecule has 0 aliphatic carbocycles. The van der Waals surface area contributed by atoms with Gasteiger partial charge in [0.2, 0.25) is 12.9 Å². The Labute approximate surface area is 200 Å². The molecule has 195 valence electrons. The summed E-state index contributed by atoms with van der Waals surface area (Å²) in [5.74, 6) is -2.98. The third-order valence-electron chi connectivity index (χ3n) is 5.16. The minimum atomic E-state index is -3.24. The van der Waals surface area contributed by atoms with Crippen LogP contribution in [-0.4, -0.2) is 85.5 Å². The predicted octanol–water partition coefficient (Wildman–Crippen LogP) is 0.214. The highest BCUT2D eigenvalue weighted by Crippen LogP contribution is 2.40. The van der Waals surface area contributed by atoms with Crippen LogP contribution in [0, 0.1) is 0 Å². The Balaban J connectivity index is 3.33. The lowest BCUT2D eigenvalue weighted by molar-refractivity contribution is -1.08. The van der Waals surface area contributed by atoms with Gasteiger partial charge in [0.1, 0.15) is 19.6 Å². The van der Waals surface area contributed by atoms with Crippen molar-refractivity contribution < 1.29 is 61.6 Å². The summed E-state index contributed by atoms with van der Waals surface area (Å²) in [7, 11) is -3.24. The van der Waals surface area contributed by atoms with E-state index in [4.69, 9.17) is 32.8 Å². The Hall–Kier alpha value is -1.89. The van der Waals surface area contributed by atoms with Gasteiger partial charge in [0.15, 0.2) is 24.4 Å². The average Bonchev–Trinajstić information content (AvgIpc) is 2.74. The van der Waals surface area contributed by atoms with Crippen LogP contribution in [0.2, 0.25) is 0 Å². The van der Waals surface area contributed by atoms with Gasteiger partial charge in [-0.2, -0.15) is 4.52 Å². The molecule has 1 heterocycles. The van der Waals surface area contributed by atoms with E-state index in [2.05, 4.69) is 0 Å². The van der Waals surface area contributed by atoms with Crippen LogP contribution in [0.4, 0.5) is 0 Å². The van der Waals surface area contributed by atoms with Gasteiger partial charge in [-0.05, 0) is 25.4 Å². The zero-order valence-corrected chi connectivity index (χ0v) is 21.6. The molecule has 14 heteroatoms. The maximum atomic E-state index is 12.8. The molecule has 13 nitrogen and oxygen atoms in total. The molecular weight excluding hydrogens is 477 g/mol. The number of hydrogen-bond donors (Lipinski definition) is 0. The molecule has 0 aromatic carbocycles. The summed E-state index contributed by atoms with van der Waals surface area (Å²) in [4.78, 5) is 59.6. The van der Waals surface area contributed by atoms with Crippen molar-refractivity contribution in [2.75, 3.05) is 26.2 Å². The Morgan fingerprint density at radius 1 is 0.882 bits per heavy atom. The predicted molar refractivity (Wildman–Crippen MR) is 114 cm³/mol. The lowest BCUT2D eigenvalue weighted by atomic mass is 9.98. The van der Waals surface area contributed by atoms with Crippen LogP contribution in [0.5, 0.6) is 0 Å². The van der Waals surface area contributed by atoms with E-state index in [1.165, 1.54) is 0 Å². The lowest BCUT2D eigenvalue weighted by Gasteiger charge is -2.42. The minimum Gasteiger partial charge on any atom is -0.628 e. The number of ether oxygens (including phenoxy) is 5. The van der Waals surface area contributed by atoms with Crippen molar-refractivity contribution in [2.45, 2.75) is 79.2 Å². The van der Waals surface area contributed by atoms with Crippen molar-refractivity contribution in [3.63, 3.8) is 0 Å². The van der Waals surface area contributed by atoms with Crippen LogP contribution in [0.25, 0.3) is 0 Å². The van der Waals surface area contributed by atoms with Gasteiger partial charge < -0.3 is 28.6 Å². The van der Waals surface area contributed by atoms with Crippen LogP contribution in [-0.2, 0) is 52.0 Å². The monoisotopic (exact) mass is 512 g/mol. The molecule has 0 aromatic rings. The van der Waals surface area contributed by atoms with Crippen molar-refractivity contribution in [2.24, 2.45) is 0 Å². The van der Waals surface area contributed by atoms with Gasteiger partial charge in [-0.25, -0.2) is 0 Å². The van der Waals surface area contributed by atoms with Crippen LogP contribution in [0.15, 0.2) is 0 Å². The third-order valence-corrected chi connectivity index (χ3v) is 6.12. The highest BCUT2D eigenvalue weighted by molar-refractivity contribution is 7.38. The van der Waals surface area contributed by atoms with Crippen LogP contribution >= 0.6 is 8.60 Å². The molecule has 34 heavy (non-hydrogen) atoms. The van der Waals surface area contributed by atoms with E-state index in [1.54, 1.807) is 0 Å². The molecule has 1 radical (unpaired) electrons. The molecule has 0 saturated carbocycles. The van der Waals surface area contributed by atoms with Gasteiger partial charge in [0, 0.05) is 25.6 Å². The highest BCUT2D eigenvalue weighted by Gasteiger charge is 2.55. The number of rotatable bonds is 12. The zero-order valence-electron chi connectivity index (χ0n) is 20.6. The summed E-state index contributed by atoms with van der Waals surface area (Å²) in [5, 5.41) is 0. The van der Waals surface area contributed by atoms with Crippen molar-refractivity contribution >= 4 is 32.5 Å². The van der Waals surface area contributed by atoms with E-state index >= 15 is 0 Å². The largest absolute Gasteiger partial charge is 0.628 e. The van der Waals surface area contributed by atoms with Crippen molar-refractivity contribution in [3.05, 3.63) is 0 Å². The molecule has 0 aromatic heterocycles. The van der Waals surface area contributed by atoms with E-state index < -0.39 is 69.8 Å². The Bertz CT molecular complexity index is 707. The summed E-state index contributed by atoms with van der Waals surface area (Å²) >= 11 is 0. The van der Waals surface area contributed by atoms with E-state index in [1.807, 2.05) is 20.8 Å². The van der Waals surface area contributed by atoms with Gasteiger partial charge in [0.05, 0.1) is 6.92 Å². The third kappa shape index (κ3) is 9.05. The maximum Gasteiger partial charge on any atom is 0.571 e. The Kier molecular flexibility index (Phi) is 12.3. The van der Waals surface area contributed by atoms with Crippen LogP contribution in [0.3, 0.4) is 0 Å². The topological polar surface area (TPSA) is 159 Å². The van der Waals surface area contributed by atoms with Crippen molar-refractivity contribution in [3.8, 4) is 0 Å². The van der Waals surface area contributed by atoms with E-state index in [-0.39, 0.29) is 4.65 Å². The number of hydrogen-bond acceptors (Lipinski definition) is 12. The lowest BCUT2D eigenvalue weighted by Crippen LogP contribution is -2.62. The van der Waals surface area contributed by atoms with E-state index in [0.717, 1.165) is 27.7 Å². The first-order valence-electron chi connectivity index (χ1n) is 10.9. The van der Waals surface area contributed by atoms with Gasteiger partial charge in [-0.3, -0.25) is 14.4 Å². The molecule has 6 atom stereocenters. The second-order valence-corrected chi connectivity index (χ2v) is 8.45. The molecule has 1 aliphatic rings. The highest BCUT2D eigenvalue weighted by atomic mass is 31.2. The van der Waals surface area contributed by atoms with E-state index in [9.17, 15) is 24.1 Å². The Morgan fingerprint density at radius 3 is 1.79 bits per heavy atom. The molecule has 0 bridgehead atoms. The molecule has 0 amide bonds. The first-order valence-corrected chi connectivity index (χ1v) is 12.2. The van der Waals surface area contributed by atoms with E-state index in [0.29, 0.717) is 19.6 Å². The first-order chi connectivity index (χ1) is 15.9. The molecule has 0 N–H and O–H groups in total. The maximum absolute atomic E-state index is 12.8. The quantitative estimate of drug-likeness (QED) is 0.0875. The summed E-state index contributed by atoms with van der Waals surface area (Å²) in [5.41, 5.74) is 0. The average molecular weight is 512 g/mol. The van der Waals surface area contributed by atoms with Gasteiger partial charge in [0.25, 0.3) is 8.60 Å². The van der Waals surface area contributed by atoms with Crippen LogP contribution < -0.4 is 4.89 Å². The number of carbonyl (C=O) groups excluding carboxylic acids is 4. The molecule has 1 saturated heterocycles. The molecule has 1 aliphatic heterocycles. The first kappa shape index (κ1) is 30.1. The van der Waals surface area contributed by atoms with Crippen LogP contribution in [0.1, 0.15) is 48.5 Å². The fourth-order valence-corrected chi connectivity index (χ4v) is 4.55. The molecule has 0 spiro atoms. The number of quaternary nitrogens is 1. The van der Waals surface area contributed by atoms with Gasteiger partial charge >= 0.3 is 23.9 Å². The SMILES string of the molecule is CC[N+](CC)(CC)O[PH+]([O-])O[C@@H]1O[C@H](COC(C)=[O+])[C@@H](OC(C)=O)[C@H](OC(C)=O)[C@H]1OC(C)=O. The molecule has 1 rings (SSSR count). The normalized spacial score (nSPS) is 25.7. The van der Waals surface area contributed by atoms with Crippen molar-refractivity contribution in [1.82, 2.24) is 0 Å². The summed E-state index contributed by atoms with van der Waals surface area (Å²) < 4.78 is 37.8. The summed E-state index contributed by atoms with van der Waals surface area (Å²) in [6.07, 6.45) is -6.97. The van der Waals surface area contributed by atoms with Gasteiger partial charge in [-0.15, -0.1) is 4.65 Å². The molecule has 1 fully saturated rings. The zero-order chi connectivity index (χ0) is 26.1. The van der Waals surface area contributed by atoms with Gasteiger partial charge in [-0.1, -0.05) is 0 Å². The fraction of sp³-hybridized carbons (Fsp3) is 0.800. The summed E-state index contributed by atoms with van der Waals surface area (Å²) in [6, 6.07) is 0. The number of carbonyl (C=O) groups is 4. The number of nitrogens with zero attached hydrogens (tertiary/aromatic N) is 1. The molecular formula is C20H35NO12P+2. The second-order valence-electron chi connectivity index (χ2n) is 7.53. The summed E-state index contributed by atoms with van der Waals surface area (Å²) in [6.45, 7) is 11.1.